The summed E-state index contributed by atoms with van der Waals surface area (Å²) in [6.07, 6.45) is 4.73. The second kappa shape index (κ2) is 13.4. The second-order valence-corrected chi connectivity index (χ2v) is 9.48. The number of nitrogens with zero attached hydrogens (tertiary/aromatic N) is 2. The number of rotatable bonds is 13. The minimum Gasteiger partial charge on any atom is -0.370 e. The third kappa shape index (κ3) is 8.96. The fraction of sp³-hybridized carbons (Fsp3) is 0.577. The van der Waals surface area contributed by atoms with Gasteiger partial charge in [0, 0.05) is 31.8 Å². The quantitative estimate of drug-likeness (QED) is 0.345. The van der Waals surface area contributed by atoms with E-state index in [1.54, 1.807) is 6.20 Å². The maximum Gasteiger partial charge on any atom is 0.416 e. The lowest BCUT2D eigenvalue weighted by Gasteiger charge is -2.26. The Hall–Kier alpha value is -2.88. The lowest BCUT2D eigenvalue weighted by atomic mass is 9.99. The first-order valence-electron chi connectivity index (χ1n) is 12.7. The van der Waals surface area contributed by atoms with E-state index in [0.717, 1.165) is 51.0 Å². The van der Waals surface area contributed by atoms with Gasteiger partial charge in [0.05, 0.1) is 17.5 Å². The van der Waals surface area contributed by atoms with Crippen molar-refractivity contribution in [1.29, 1.82) is 0 Å². The number of carbonyl (C=O) groups is 2. The van der Waals surface area contributed by atoms with Crippen molar-refractivity contribution >= 4 is 11.8 Å². The SMILES string of the molecule is NC(=O)CCCCCC(CNC(=O)CCN1CCCCC1)c1ncc(-c2ccc(C(F)(F)F)cc2)[nH]1. The summed E-state index contributed by atoms with van der Waals surface area (Å²) in [7, 11) is 0. The van der Waals surface area contributed by atoms with Gasteiger partial charge in [-0.25, -0.2) is 4.98 Å². The Morgan fingerprint density at radius 3 is 2.44 bits per heavy atom. The van der Waals surface area contributed by atoms with Gasteiger partial charge in [-0.2, -0.15) is 13.2 Å². The zero-order valence-electron chi connectivity index (χ0n) is 20.6. The van der Waals surface area contributed by atoms with E-state index in [-0.39, 0.29) is 17.7 Å². The fourth-order valence-corrected chi connectivity index (χ4v) is 4.50. The molecule has 4 N–H and O–H groups in total. The summed E-state index contributed by atoms with van der Waals surface area (Å²) in [6.45, 7) is 3.25. The summed E-state index contributed by atoms with van der Waals surface area (Å²) in [5, 5.41) is 3.03. The van der Waals surface area contributed by atoms with E-state index in [1.807, 2.05) is 0 Å². The largest absolute Gasteiger partial charge is 0.416 e. The molecule has 198 valence electrons. The minimum absolute atomic E-state index is 0.00572. The third-order valence-corrected chi connectivity index (χ3v) is 6.63. The standard InChI is InChI=1S/C26H36F3N5O2/c27-26(28,29)21-11-9-19(10-12-21)22-18-32-25(33-22)20(7-3-1-4-8-23(30)35)17-31-24(36)13-16-34-14-5-2-6-15-34/h9-12,18,20H,1-8,13-17H2,(H2,30,35)(H,31,36)(H,32,33). The predicted molar refractivity (Wildman–Crippen MR) is 132 cm³/mol. The van der Waals surface area contributed by atoms with Crippen LogP contribution in [0.25, 0.3) is 11.3 Å². The number of likely N-dealkylation sites (tertiary alicyclic amines) is 1. The first-order valence-corrected chi connectivity index (χ1v) is 12.7. The molecule has 1 aliphatic heterocycles. The number of piperidine rings is 1. The van der Waals surface area contributed by atoms with Crippen LogP contribution >= 0.6 is 0 Å². The van der Waals surface area contributed by atoms with Crippen LogP contribution in [-0.4, -0.2) is 52.9 Å². The van der Waals surface area contributed by atoms with Crippen LogP contribution in [0.2, 0.25) is 0 Å². The van der Waals surface area contributed by atoms with Crippen molar-refractivity contribution in [1.82, 2.24) is 20.2 Å². The Balaban J connectivity index is 1.59. The van der Waals surface area contributed by atoms with E-state index >= 15 is 0 Å². The van der Waals surface area contributed by atoms with Crippen molar-refractivity contribution < 1.29 is 22.8 Å². The van der Waals surface area contributed by atoms with E-state index in [0.29, 0.717) is 42.9 Å². The number of primary amides is 1. The highest BCUT2D eigenvalue weighted by Crippen LogP contribution is 2.31. The van der Waals surface area contributed by atoms with Gasteiger partial charge in [0.1, 0.15) is 5.82 Å². The van der Waals surface area contributed by atoms with E-state index in [9.17, 15) is 22.8 Å². The van der Waals surface area contributed by atoms with Gasteiger partial charge in [-0.3, -0.25) is 9.59 Å². The molecular formula is C26H36F3N5O2. The molecule has 1 aromatic heterocycles. The number of benzene rings is 1. The average Bonchev–Trinajstić information content (AvgIpc) is 3.34. The second-order valence-electron chi connectivity index (χ2n) is 9.48. The molecule has 3 rings (SSSR count). The molecule has 10 heteroatoms. The predicted octanol–water partition coefficient (Wildman–Crippen LogP) is 4.61. The zero-order valence-corrected chi connectivity index (χ0v) is 20.6. The van der Waals surface area contributed by atoms with Crippen molar-refractivity contribution in [2.75, 3.05) is 26.2 Å². The average molecular weight is 508 g/mol. The Morgan fingerprint density at radius 2 is 1.78 bits per heavy atom. The number of hydrogen-bond donors (Lipinski definition) is 3. The zero-order chi connectivity index (χ0) is 26.0. The molecule has 1 fully saturated rings. The van der Waals surface area contributed by atoms with Gasteiger partial charge in [-0.05, 0) is 56.5 Å². The maximum absolute atomic E-state index is 12.9. The van der Waals surface area contributed by atoms with Gasteiger partial charge in [0.2, 0.25) is 11.8 Å². The molecule has 1 aromatic carbocycles. The van der Waals surface area contributed by atoms with Crippen molar-refractivity contribution in [3.05, 3.63) is 41.9 Å². The number of H-pyrrole nitrogens is 1. The number of unbranched alkanes of at least 4 members (excludes halogenated alkanes) is 2. The number of amides is 2. The molecule has 1 saturated heterocycles. The molecular weight excluding hydrogens is 471 g/mol. The molecule has 0 saturated carbocycles. The summed E-state index contributed by atoms with van der Waals surface area (Å²) in [4.78, 5) is 33.5. The monoisotopic (exact) mass is 507 g/mol. The highest BCUT2D eigenvalue weighted by atomic mass is 19.4. The van der Waals surface area contributed by atoms with Crippen LogP contribution in [0.4, 0.5) is 13.2 Å². The van der Waals surface area contributed by atoms with Crippen LogP contribution in [-0.2, 0) is 15.8 Å². The van der Waals surface area contributed by atoms with E-state index in [2.05, 4.69) is 20.2 Å². The van der Waals surface area contributed by atoms with E-state index < -0.39 is 11.7 Å². The molecule has 1 unspecified atom stereocenters. The summed E-state index contributed by atoms with van der Waals surface area (Å²) in [5.74, 6) is 0.269. The van der Waals surface area contributed by atoms with Crippen molar-refractivity contribution in [3.63, 3.8) is 0 Å². The Bertz CT molecular complexity index is 969. The number of imidazole rings is 1. The molecule has 2 amide bonds. The van der Waals surface area contributed by atoms with Crippen molar-refractivity contribution in [3.8, 4) is 11.3 Å². The highest BCUT2D eigenvalue weighted by Gasteiger charge is 2.30. The number of nitrogens with one attached hydrogen (secondary N) is 2. The Labute approximate surface area is 210 Å². The van der Waals surface area contributed by atoms with Crippen LogP contribution in [0.5, 0.6) is 0 Å². The number of hydrogen-bond acceptors (Lipinski definition) is 4. The summed E-state index contributed by atoms with van der Waals surface area (Å²) >= 11 is 0. The summed E-state index contributed by atoms with van der Waals surface area (Å²) < 4.78 is 38.6. The van der Waals surface area contributed by atoms with Gasteiger partial charge >= 0.3 is 6.18 Å². The highest BCUT2D eigenvalue weighted by molar-refractivity contribution is 5.76. The van der Waals surface area contributed by atoms with Crippen molar-refractivity contribution in [2.45, 2.75) is 69.9 Å². The number of aromatic amines is 1. The molecule has 0 bridgehead atoms. The maximum atomic E-state index is 12.9. The fourth-order valence-electron chi connectivity index (χ4n) is 4.50. The molecule has 7 nitrogen and oxygen atoms in total. The van der Waals surface area contributed by atoms with Crippen LogP contribution in [0.1, 0.15) is 75.1 Å². The summed E-state index contributed by atoms with van der Waals surface area (Å²) in [5.41, 5.74) is 5.73. The van der Waals surface area contributed by atoms with E-state index in [4.69, 9.17) is 5.73 Å². The lowest BCUT2D eigenvalue weighted by Crippen LogP contribution is -2.35. The number of aromatic nitrogens is 2. The number of nitrogens with two attached hydrogens (primary N) is 1. The summed E-state index contributed by atoms with van der Waals surface area (Å²) in [6, 6.07) is 4.94. The molecule has 0 aliphatic carbocycles. The molecule has 1 atom stereocenters. The van der Waals surface area contributed by atoms with Gasteiger partial charge in [0.25, 0.3) is 0 Å². The van der Waals surface area contributed by atoms with Crippen LogP contribution in [0.3, 0.4) is 0 Å². The third-order valence-electron chi connectivity index (χ3n) is 6.63. The first-order chi connectivity index (χ1) is 17.2. The normalized spacial score (nSPS) is 15.5. The van der Waals surface area contributed by atoms with Crippen LogP contribution in [0, 0.1) is 0 Å². The molecule has 0 radical (unpaired) electrons. The smallest absolute Gasteiger partial charge is 0.370 e. The first kappa shape index (κ1) is 27.7. The van der Waals surface area contributed by atoms with Gasteiger partial charge < -0.3 is 20.9 Å². The molecule has 0 spiro atoms. The van der Waals surface area contributed by atoms with Crippen LogP contribution < -0.4 is 11.1 Å². The Kier molecular flexibility index (Phi) is 10.3. The number of carbonyl (C=O) groups excluding carboxylic acids is 2. The van der Waals surface area contributed by atoms with E-state index in [1.165, 1.54) is 31.4 Å². The molecule has 1 aliphatic rings. The van der Waals surface area contributed by atoms with Crippen LogP contribution in [0.15, 0.2) is 30.5 Å². The topological polar surface area (TPSA) is 104 Å². The number of alkyl halides is 3. The molecule has 2 aromatic rings. The Morgan fingerprint density at radius 1 is 1.06 bits per heavy atom. The number of halogens is 3. The van der Waals surface area contributed by atoms with Gasteiger partial charge in [-0.15, -0.1) is 0 Å². The van der Waals surface area contributed by atoms with Crippen molar-refractivity contribution in [2.24, 2.45) is 5.73 Å². The molecule has 36 heavy (non-hydrogen) atoms. The molecule has 2 heterocycles. The lowest BCUT2D eigenvalue weighted by molar-refractivity contribution is -0.137. The van der Waals surface area contributed by atoms with Gasteiger partial charge in [0.15, 0.2) is 0 Å². The minimum atomic E-state index is -4.39. The van der Waals surface area contributed by atoms with Gasteiger partial charge in [-0.1, -0.05) is 31.4 Å².